The van der Waals surface area contributed by atoms with Crippen LogP contribution in [0.1, 0.15) is 33.4 Å². The third kappa shape index (κ3) is 6.83. The van der Waals surface area contributed by atoms with Gasteiger partial charge in [0.2, 0.25) is 0 Å². The predicted molar refractivity (Wildman–Crippen MR) is 381 cm³/mol. The summed E-state index contributed by atoms with van der Waals surface area (Å²) in [7, 11) is 0. The third-order valence-electron chi connectivity index (χ3n) is 20.4. The molecule has 10 heteroatoms. The Balaban J connectivity index is 0.885. The van der Waals surface area contributed by atoms with Crippen LogP contribution >= 0.6 is 0 Å². The van der Waals surface area contributed by atoms with Crippen LogP contribution in [0.15, 0.2) is 285 Å². The summed E-state index contributed by atoms with van der Waals surface area (Å²) < 4.78 is 19.3. The molecule has 0 saturated carbocycles. The Labute approximate surface area is 541 Å². The molecule has 10 nitrogen and oxygen atoms in total. The largest absolute Gasteiger partial charge is 0.457 e. The summed E-state index contributed by atoms with van der Waals surface area (Å²) in [5, 5.41) is 31.6. The SMILES string of the molecule is N#Cc1ccc2c(c1)c1ccccc1n2-c1cnc2c(c1)C1(c3cc(-n4c5ccccc5c5ccccc54)ccc3Oc3ccc(-n4c5ccccc5c5cc(-n6c7ccccc7c7ccccc76)ccc54)cc31)c1cc(-n3c4ccccc4c4cc(C#N)ccc43)cnc1-2. The molecule has 8 heterocycles. The minimum Gasteiger partial charge on any atom is -0.457 e. The van der Waals surface area contributed by atoms with Crippen LogP contribution < -0.4 is 4.74 Å². The number of rotatable bonds is 5. The van der Waals surface area contributed by atoms with Gasteiger partial charge in [-0.1, -0.05) is 127 Å². The Kier molecular flexibility index (Phi) is 10.2. The molecule has 0 bridgehead atoms. The first-order valence-electron chi connectivity index (χ1n) is 31.9. The lowest BCUT2D eigenvalue weighted by atomic mass is 9.66. The number of nitrogens with zero attached hydrogens (tertiary/aromatic N) is 9. The van der Waals surface area contributed by atoms with E-state index in [1.54, 1.807) is 0 Å². The van der Waals surface area contributed by atoms with Gasteiger partial charge in [0.1, 0.15) is 11.5 Å². The van der Waals surface area contributed by atoms with Gasteiger partial charge in [0.25, 0.3) is 0 Å². The van der Waals surface area contributed by atoms with Crippen molar-refractivity contribution in [3.8, 4) is 63.5 Å². The molecule has 0 atom stereocenters. The standard InChI is InChI=1S/C85H47N9O/c86-46-50-29-34-78-64(39-50)61-19-5-13-27-76(61)93(78)55-44-69-83(88-48-55)84-70(45-56(49-89-84)94-77-28-14-6-20-62(77)65-40-51(47-87)30-35-79(65)94)85(69)67-42-53(91-73-24-10-3-17-59(73)60-18-4-11-25-74(60)91)32-37-81(67)95-82-38-33-54(43-68(82)85)92-75-26-12-7-21-63(75)66-41-52(31-36-80(66)92)90-71-22-8-1-15-57(71)58-16-2-9-23-72(58)90/h1-45,48-49H. The topological polar surface area (TPSA) is 107 Å². The number of pyridine rings is 2. The molecule has 0 saturated heterocycles. The summed E-state index contributed by atoms with van der Waals surface area (Å²) in [6, 6.07) is 102. The fraction of sp³-hybridized carbons (Fsp3) is 0.0118. The van der Waals surface area contributed by atoms with Crippen LogP contribution in [-0.2, 0) is 5.41 Å². The Morgan fingerprint density at radius 1 is 0.263 bits per heavy atom. The maximum absolute atomic E-state index is 10.3. The summed E-state index contributed by atoms with van der Waals surface area (Å²) in [4.78, 5) is 11.3. The highest BCUT2D eigenvalue weighted by Gasteiger charge is 2.54. The number of hydrogen-bond acceptors (Lipinski definition) is 5. The monoisotopic (exact) mass is 1210 g/mol. The van der Waals surface area contributed by atoms with Gasteiger partial charge in [-0.3, -0.25) is 9.97 Å². The van der Waals surface area contributed by atoms with Crippen molar-refractivity contribution in [3.63, 3.8) is 0 Å². The van der Waals surface area contributed by atoms with Crippen LogP contribution in [0.3, 0.4) is 0 Å². The zero-order valence-electron chi connectivity index (χ0n) is 50.6. The van der Waals surface area contributed by atoms with E-state index < -0.39 is 5.41 Å². The average Bonchev–Trinajstić information content (AvgIpc) is 1.57. The molecule has 12 aromatic carbocycles. The Hall–Kier alpha value is -13.3. The van der Waals surface area contributed by atoms with Gasteiger partial charge >= 0.3 is 0 Å². The van der Waals surface area contributed by atoms with Crippen LogP contribution in [0.5, 0.6) is 11.5 Å². The van der Waals surface area contributed by atoms with Crippen LogP contribution in [0, 0.1) is 22.7 Å². The summed E-state index contributed by atoms with van der Waals surface area (Å²) in [6.07, 6.45) is 3.97. The molecule has 438 valence electrons. The van der Waals surface area contributed by atoms with E-state index in [0.29, 0.717) is 22.6 Å². The van der Waals surface area contributed by atoms with Gasteiger partial charge in [0, 0.05) is 93.2 Å². The second-order valence-electron chi connectivity index (χ2n) is 25.1. The van der Waals surface area contributed by atoms with Gasteiger partial charge in [0.15, 0.2) is 0 Å². The van der Waals surface area contributed by atoms with E-state index in [2.05, 4.69) is 284 Å². The molecule has 0 amide bonds. The van der Waals surface area contributed by atoms with Crippen LogP contribution in [0.2, 0.25) is 0 Å². The first-order valence-corrected chi connectivity index (χ1v) is 31.9. The number of benzene rings is 12. The van der Waals surface area contributed by atoms with E-state index in [4.69, 9.17) is 14.7 Å². The molecular weight excluding hydrogens is 1160 g/mol. The molecule has 7 aromatic heterocycles. The zero-order chi connectivity index (χ0) is 62.4. The second-order valence-corrected chi connectivity index (χ2v) is 25.1. The Bertz CT molecular complexity index is 6460. The maximum Gasteiger partial charge on any atom is 0.132 e. The molecule has 0 fully saturated rings. The van der Waals surface area contributed by atoms with E-state index in [1.807, 2.05) is 36.7 Å². The van der Waals surface area contributed by atoms with Crippen molar-refractivity contribution in [2.45, 2.75) is 5.41 Å². The van der Waals surface area contributed by atoms with E-state index in [-0.39, 0.29) is 0 Å². The van der Waals surface area contributed by atoms with Gasteiger partial charge in [-0.05, 0) is 146 Å². The van der Waals surface area contributed by atoms with Crippen molar-refractivity contribution >= 4 is 109 Å². The molecule has 0 radical (unpaired) electrons. The lowest BCUT2D eigenvalue weighted by Crippen LogP contribution is -2.33. The number of ether oxygens (including phenoxy) is 1. The van der Waals surface area contributed by atoms with Gasteiger partial charge in [-0.15, -0.1) is 0 Å². The highest BCUT2D eigenvalue weighted by molar-refractivity contribution is 6.14. The zero-order valence-corrected chi connectivity index (χ0v) is 50.6. The summed E-state index contributed by atoms with van der Waals surface area (Å²) in [6.45, 7) is 0. The number of para-hydroxylation sites is 7. The van der Waals surface area contributed by atoms with Gasteiger partial charge in [-0.25, -0.2) is 0 Å². The molecule has 21 rings (SSSR count). The van der Waals surface area contributed by atoms with Crippen molar-refractivity contribution in [1.29, 1.82) is 10.5 Å². The molecule has 2 aliphatic rings. The predicted octanol–water partition coefficient (Wildman–Crippen LogP) is 20.2. The van der Waals surface area contributed by atoms with E-state index in [1.165, 1.54) is 10.8 Å². The van der Waals surface area contributed by atoms with Crippen molar-refractivity contribution in [2.75, 3.05) is 0 Å². The molecular formula is C85H47N9O. The van der Waals surface area contributed by atoms with E-state index in [9.17, 15) is 10.5 Å². The number of nitriles is 2. The van der Waals surface area contributed by atoms with Crippen molar-refractivity contribution in [1.82, 2.24) is 32.8 Å². The maximum atomic E-state index is 10.3. The van der Waals surface area contributed by atoms with E-state index >= 15 is 0 Å². The Morgan fingerprint density at radius 3 is 0.895 bits per heavy atom. The summed E-state index contributed by atoms with van der Waals surface area (Å²) in [5.74, 6) is 1.41. The smallest absolute Gasteiger partial charge is 0.132 e. The molecule has 1 spiro atoms. The fourth-order valence-corrected chi connectivity index (χ4v) is 16.6. The average molecular weight is 1210 g/mol. The molecule has 1 aliphatic heterocycles. The quantitative estimate of drug-likeness (QED) is 0.171. The molecule has 0 unspecified atom stereocenters. The van der Waals surface area contributed by atoms with Crippen LogP contribution in [0.25, 0.3) is 149 Å². The highest BCUT2D eigenvalue weighted by atomic mass is 16.5. The molecule has 0 N–H and O–H groups in total. The van der Waals surface area contributed by atoms with Gasteiger partial charge in [0.05, 0.1) is 119 Å². The van der Waals surface area contributed by atoms with Gasteiger partial charge < -0.3 is 27.6 Å². The third-order valence-corrected chi connectivity index (χ3v) is 20.4. The molecule has 95 heavy (non-hydrogen) atoms. The lowest BCUT2D eigenvalue weighted by Gasteiger charge is -2.39. The first kappa shape index (κ1) is 51.5. The molecule has 19 aromatic rings. The van der Waals surface area contributed by atoms with Crippen molar-refractivity contribution < 1.29 is 4.74 Å². The van der Waals surface area contributed by atoms with Crippen LogP contribution in [-0.4, -0.2) is 32.8 Å². The minimum absolute atomic E-state index is 0.592. The van der Waals surface area contributed by atoms with Crippen molar-refractivity contribution in [3.05, 3.63) is 319 Å². The number of fused-ring (bicyclic) bond motifs is 24. The van der Waals surface area contributed by atoms with Crippen LogP contribution in [0.4, 0.5) is 0 Å². The second kappa shape index (κ2) is 18.9. The number of hydrogen-bond donors (Lipinski definition) is 0. The van der Waals surface area contributed by atoms with Crippen molar-refractivity contribution in [2.24, 2.45) is 0 Å². The lowest BCUT2D eigenvalue weighted by molar-refractivity contribution is 0.436. The first-order chi connectivity index (χ1) is 47.0. The number of aromatic nitrogens is 7. The Morgan fingerprint density at radius 2 is 0.537 bits per heavy atom. The fourth-order valence-electron chi connectivity index (χ4n) is 16.6. The summed E-state index contributed by atoms with van der Waals surface area (Å²) in [5.41, 5.74) is 20.5. The van der Waals surface area contributed by atoms with Gasteiger partial charge in [-0.2, -0.15) is 10.5 Å². The summed E-state index contributed by atoms with van der Waals surface area (Å²) >= 11 is 0. The normalized spacial score (nSPS) is 13.0. The van der Waals surface area contributed by atoms with E-state index in [0.717, 1.165) is 160 Å². The molecule has 1 aliphatic carbocycles. The highest BCUT2D eigenvalue weighted by Crippen LogP contribution is 2.63. The minimum atomic E-state index is -1.17.